The number of halogens is 4. The van der Waals surface area contributed by atoms with E-state index in [0.717, 1.165) is 96.8 Å². The SMILES string of the molecule is C.CC(=O)c1ccc(C#Cc2ccc3c(c2)C(C)(C)CCC3(C)C)cc1F.CC1(C)CCC(C)(C)c2cc(C#Cc3cc(F)c(C(=O)O)c(F)c3)ccc21.CC1(C)CCC(C)(C)c2cc(C#Cc3ccc(C(=O)O)cc3F)ccc21.CC1(C)CCC(C)(C)c2nc(C#Cc3ccc(C(=O)O)cc3)cnc21. The van der Waals surface area contributed by atoms with Crippen molar-refractivity contribution >= 4 is 23.7 Å². The molecule has 0 bridgehead atoms. The molecule has 0 fully saturated rings. The van der Waals surface area contributed by atoms with Crippen LogP contribution in [-0.4, -0.2) is 49.0 Å². The summed E-state index contributed by atoms with van der Waals surface area (Å²) in [5.41, 5.74) is 15.0. The highest BCUT2D eigenvalue weighted by Gasteiger charge is 2.42. The highest BCUT2D eigenvalue weighted by Crippen LogP contribution is 2.49. The maximum atomic E-state index is 14.0. The van der Waals surface area contributed by atoms with Gasteiger partial charge in [0.15, 0.2) is 5.78 Å². The van der Waals surface area contributed by atoms with Crippen LogP contribution in [0.25, 0.3) is 0 Å². The van der Waals surface area contributed by atoms with E-state index in [1.165, 1.54) is 71.0 Å². The minimum atomic E-state index is -1.64. The van der Waals surface area contributed by atoms with Crippen molar-refractivity contribution in [2.75, 3.05) is 0 Å². The number of aromatic nitrogens is 2. The Bertz CT molecular complexity index is 5000. The lowest BCUT2D eigenvalue weighted by Gasteiger charge is -2.41. The van der Waals surface area contributed by atoms with Gasteiger partial charge in [0.2, 0.25) is 0 Å². The smallest absolute Gasteiger partial charge is 0.341 e. The Kier molecular flexibility index (Phi) is 23.5. The molecule has 1 aromatic heterocycles. The third-order valence-corrected chi connectivity index (χ3v) is 21.3. The average Bonchev–Trinajstić information content (AvgIpc) is 0.774. The molecule has 0 radical (unpaired) electrons. The Hall–Kier alpha value is -10.3. The standard InChI is InChI=1S/C24H25FO.C23H22F2O2.C23H23FO2.C21H22N2O2.CH4/c1-16(26)19-10-8-18(15-22(19)25)7-6-17-9-11-20-21(14-17)24(4,5)13-12-23(20,2)3;1-22(2)9-10-23(3,4)17-11-14(7-8-16(17)22)5-6-15-12-18(24)20(21(26)27)19(25)13-15;1-22(2)11-12-23(3,4)19-13-15(6-10-18(19)22)5-7-16-8-9-17(21(25)26)14-20(16)24;1-20(2)11-12-21(3,4)18-17(20)22-13-16(23-18)10-7-14-5-8-15(9-6-14)19(24)25;/h8-11,14-15H,12-13H2,1-5H3;7-8,11-13H,9-10H2,1-4H3,(H,26,27);6,8-10,13-14H,11-12H2,1-4H3,(H,25,26);5-6,8-9,13H,11-12H2,1-4H3,(H,24,25);1H4. The zero-order chi connectivity index (χ0) is 76.5. The van der Waals surface area contributed by atoms with Gasteiger partial charge in [0.1, 0.15) is 34.5 Å². The van der Waals surface area contributed by atoms with Crippen molar-refractivity contribution in [2.24, 2.45) is 0 Å². The molecular weight excluding hydrogens is 1320 g/mol. The molecule has 12 rings (SSSR count). The molecule has 9 nitrogen and oxygen atoms in total. The van der Waals surface area contributed by atoms with Gasteiger partial charge in [-0.3, -0.25) is 9.78 Å². The highest BCUT2D eigenvalue weighted by atomic mass is 19.1. The summed E-state index contributed by atoms with van der Waals surface area (Å²) in [7, 11) is 0. The normalized spacial score (nSPS) is 16.8. The number of rotatable bonds is 4. The Morgan fingerprint density at radius 1 is 0.343 bits per heavy atom. The predicted octanol–water partition coefficient (Wildman–Crippen LogP) is 21.0. The second-order valence-corrected chi connectivity index (χ2v) is 33.1. The molecule has 0 unspecified atom stereocenters. The first-order valence-corrected chi connectivity index (χ1v) is 35.2. The van der Waals surface area contributed by atoms with Crippen molar-refractivity contribution in [3.63, 3.8) is 0 Å². The van der Waals surface area contributed by atoms with E-state index in [0.29, 0.717) is 11.3 Å². The highest BCUT2D eigenvalue weighted by molar-refractivity contribution is 5.94. The average molecular weight is 1420 g/mol. The predicted molar refractivity (Wildman–Crippen MR) is 410 cm³/mol. The number of ketones is 1. The van der Waals surface area contributed by atoms with Crippen LogP contribution < -0.4 is 0 Å². The van der Waals surface area contributed by atoms with Gasteiger partial charge in [-0.25, -0.2) is 36.9 Å². The van der Waals surface area contributed by atoms with Gasteiger partial charge in [-0.2, -0.15) is 0 Å². The summed E-state index contributed by atoms with van der Waals surface area (Å²) in [6.45, 7) is 37.3. The molecule has 4 aliphatic rings. The van der Waals surface area contributed by atoms with Crippen molar-refractivity contribution in [1.82, 2.24) is 9.97 Å². The van der Waals surface area contributed by atoms with E-state index in [1.807, 2.05) is 12.1 Å². The fourth-order valence-corrected chi connectivity index (χ4v) is 14.0. The van der Waals surface area contributed by atoms with E-state index in [2.05, 4.69) is 206 Å². The van der Waals surface area contributed by atoms with Crippen LogP contribution in [0.15, 0.2) is 134 Å². The molecule has 8 aromatic rings. The van der Waals surface area contributed by atoms with Gasteiger partial charge < -0.3 is 15.3 Å². The number of carbonyl (C=O) groups excluding carboxylic acids is 1. The maximum absolute atomic E-state index is 14.0. The molecule has 1 heterocycles. The summed E-state index contributed by atoms with van der Waals surface area (Å²) in [6, 6.07) is 35.5. The summed E-state index contributed by atoms with van der Waals surface area (Å²) in [5.74, 6) is 16.4. The molecule has 3 N–H and O–H groups in total. The molecular formula is C92H96F4N2O7. The zero-order valence-corrected chi connectivity index (χ0v) is 62.7. The van der Waals surface area contributed by atoms with Crippen molar-refractivity contribution in [3.05, 3.63) is 269 Å². The van der Waals surface area contributed by atoms with E-state index >= 15 is 0 Å². The molecule has 7 aromatic carbocycles. The van der Waals surface area contributed by atoms with Gasteiger partial charge in [0.25, 0.3) is 0 Å². The first-order valence-electron chi connectivity index (χ1n) is 35.2. The molecule has 0 atom stereocenters. The molecule has 4 aliphatic carbocycles. The van der Waals surface area contributed by atoms with Crippen molar-refractivity contribution in [1.29, 1.82) is 0 Å². The molecule has 13 heteroatoms. The van der Waals surface area contributed by atoms with Crippen molar-refractivity contribution in [2.45, 2.75) is 220 Å². The van der Waals surface area contributed by atoms with E-state index in [-0.39, 0.29) is 84.3 Å². The number of hydrogen-bond acceptors (Lipinski definition) is 6. The van der Waals surface area contributed by atoms with Gasteiger partial charge in [0.05, 0.1) is 39.8 Å². The van der Waals surface area contributed by atoms with E-state index in [4.69, 9.17) is 20.3 Å². The molecule has 0 saturated heterocycles. The number of Topliss-reactive ketones (excluding diaryl/α,β-unsaturated/α-hetero) is 1. The van der Waals surface area contributed by atoms with Gasteiger partial charge in [-0.15, -0.1) is 0 Å². The van der Waals surface area contributed by atoms with E-state index < -0.39 is 46.7 Å². The summed E-state index contributed by atoms with van der Waals surface area (Å²) in [5, 5.41) is 26.7. The van der Waals surface area contributed by atoms with E-state index in [9.17, 15) is 36.7 Å². The van der Waals surface area contributed by atoms with Crippen LogP contribution in [0.3, 0.4) is 0 Å². The van der Waals surface area contributed by atoms with Crippen LogP contribution in [0.5, 0.6) is 0 Å². The Morgan fingerprint density at radius 2 is 0.686 bits per heavy atom. The lowest BCUT2D eigenvalue weighted by atomic mass is 9.63. The first kappa shape index (κ1) is 80.3. The third kappa shape index (κ3) is 18.6. The van der Waals surface area contributed by atoms with Crippen LogP contribution in [-0.2, 0) is 43.3 Å². The fourth-order valence-electron chi connectivity index (χ4n) is 14.0. The molecule has 0 spiro atoms. The Morgan fingerprint density at radius 3 is 1.09 bits per heavy atom. The Labute approximate surface area is 618 Å². The molecule has 105 heavy (non-hydrogen) atoms. The van der Waals surface area contributed by atoms with Crippen LogP contribution in [0, 0.1) is 70.6 Å². The largest absolute Gasteiger partial charge is 0.478 e. The van der Waals surface area contributed by atoms with Gasteiger partial charge >= 0.3 is 17.9 Å². The number of carbonyl (C=O) groups is 4. The molecule has 0 aliphatic heterocycles. The fraction of sp³-hybridized carbons (Fsp3) is 0.370. The topological polar surface area (TPSA) is 155 Å². The number of hydrogen-bond donors (Lipinski definition) is 3. The van der Waals surface area contributed by atoms with Gasteiger partial charge in [0, 0.05) is 44.2 Å². The van der Waals surface area contributed by atoms with Crippen LogP contribution in [0.4, 0.5) is 17.6 Å². The lowest BCUT2D eigenvalue weighted by molar-refractivity contribution is 0.0678. The van der Waals surface area contributed by atoms with Crippen molar-refractivity contribution in [3.8, 4) is 47.4 Å². The second kappa shape index (κ2) is 30.8. The number of nitrogens with zero attached hydrogens (tertiary/aromatic N) is 2. The number of benzene rings is 7. The van der Waals surface area contributed by atoms with Crippen LogP contribution >= 0.6 is 0 Å². The number of carboxylic acids is 3. The maximum Gasteiger partial charge on any atom is 0.341 e. The molecule has 544 valence electrons. The van der Waals surface area contributed by atoms with Crippen LogP contribution in [0.1, 0.15) is 307 Å². The lowest BCUT2D eigenvalue weighted by Crippen LogP contribution is -2.36. The molecule has 0 saturated carbocycles. The monoisotopic (exact) mass is 1420 g/mol. The van der Waals surface area contributed by atoms with Crippen molar-refractivity contribution < 1.29 is 52.1 Å². The summed E-state index contributed by atoms with van der Waals surface area (Å²) >= 11 is 0. The minimum Gasteiger partial charge on any atom is -0.478 e. The number of aromatic carboxylic acids is 3. The quantitative estimate of drug-likeness (QED) is 0.0887. The number of fused-ring (bicyclic) bond motifs is 4. The molecule has 0 amide bonds. The van der Waals surface area contributed by atoms with Gasteiger partial charge in [-0.1, -0.05) is 178 Å². The summed E-state index contributed by atoms with van der Waals surface area (Å²) in [6.07, 6.45) is 10.7. The first-order chi connectivity index (χ1) is 48.4. The van der Waals surface area contributed by atoms with Gasteiger partial charge in [-0.05, 0) is 239 Å². The third-order valence-electron chi connectivity index (χ3n) is 21.3. The summed E-state index contributed by atoms with van der Waals surface area (Å²) in [4.78, 5) is 53.4. The second-order valence-electron chi connectivity index (χ2n) is 33.1. The Balaban J connectivity index is 0.000000176. The minimum absolute atomic E-state index is 0. The van der Waals surface area contributed by atoms with Crippen LogP contribution in [0.2, 0.25) is 0 Å². The van der Waals surface area contributed by atoms with E-state index in [1.54, 1.807) is 36.5 Å². The number of carboxylic acid groups (broad SMARTS) is 3. The summed E-state index contributed by atoms with van der Waals surface area (Å²) < 4.78 is 55.6. The zero-order valence-electron chi connectivity index (χ0n) is 62.7.